The minimum absolute atomic E-state index is 0.0159. The number of hydrogen-bond donors (Lipinski definition) is 2. The number of urea groups is 1. The number of nitrogens with one attached hydrogen (secondary N) is 2. The Kier molecular flexibility index (Phi) is 12.6. The number of fused-ring (bicyclic) bond motifs is 1. The zero-order valence-corrected chi connectivity index (χ0v) is 31.5. The van der Waals surface area contributed by atoms with E-state index in [9.17, 15) is 24.5 Å². The van der Waals surface area contributed by atoms with E-state index in [1.807, 2.05) is 65.6 Å². The number of benzene rings is 4. The molecule has 0 spiro atoms. The number of piperazine rings is 1. The lowest BCUT2D eigenvalue weighted by molar-refractivity contribution is -0.383. The molecule has 0 radical (unpaired) electrons. The van der Waals surface area contributed by atoms with Gasteiger partial charge >= 0.3 is 6.03 Å². The average molecular weight is 772 g/mol. The van der Waals surface area contributed by atoms with Gasteiger partial charge in [0.1, 0.15) is 23.5 Å². The summed E-state index contributed by atoms with van der Waals surface area (Å²) in [5.74, 6) is -0.239. The minimum atomic E-state index is -0.718. The number of carbonyl (C=O) groups is 3. The van der Waals surface area contributed by atoms with Crippen LogP contribution in [-0.2, 0) is 33.8 Å². The van der Waals surface area contributed by atoms with Crippen LogP contribution in [0.4, 0.5) is 16.2 Å². The number of para-hydroxylation sites is 2. The number of amides is 4. The maximum Gasteiger partial charge on any atom is 0.319 e. The van der Waals surface area contributed by atoms with E-state index < -0.39 is 17.0 Å². The number of nitro groups is 1. The first-order valence-electron chi connectivity index (χ1n) is 19.1. The molecule has 5 aromatic rings. The van der Waals surface area contributed by atoms with Crippen LogP contribution in [-0.4, -0.2) is 98.3 Å². The van der Waals surface area contributed by atoms with Crippen LogP contribution < -0.4 is 10.6 Å². The predicted octanol–water partition coefficient (Wildman–Crippen LogP) is 4.97. The fourth-order valence-electron chi connectivity index (χ4n) is 7.37. The van der Waals surface area contributed by atoms with Crippen LogP contribution in [0.2, 0.25) is 0 Å². The van der Waals surface area contributed by atoms with E-state index in [4.69, 9.17) is 4.74 Å². The van der Waals surface area contributed by atoms with Crippen molar-refractivity contribution in [3.63, 3.8) is 0 Å². The molecule has 57 heavy (non-hydrogen) atoms. The molecule has 0 saturated carbocycles. The molecular formula is C42H45N9O6. The van der Waals surface area contributed by atoms with Crippen molar-refractivity contribution >= 4 is 29.2 Å². The Labute approximate surface area is 330 Å². The molecule has 4 amide bonds. The number of hydrogen-bond acceptors (Lipinski definition) is 9. The molecule has 1 saturated heterocycles. The first-order chi connectivity index (χ1) is 27.8. The van der Waals surface area contributed by atoms with Crippen molar-refractivity contribution in [3.05, 3.63) is 153 Å². The molecule has 15 heteroatoms. The lowest BCUT2D eigenvalue weighted by atomic mass is 9.91. The molecule has 0 bridgehead atoms. The number of nitro benzene ring substituents is 1. The van der Waals surface area contributed by atoms with Crippen molar-refractivity contribution < 1.29 is 24.0 Å². The van der Waals surface area contributed by atoms with E-state index >= 15 is 0 Å². The SMILES string of the molecule is O=C(NCc1cn(CCC(=O)N2CCc3ccccc3C2C(=O)N2CCN(CCOC(c3ccccc3)c3ccccc3)CC2)nn1)Nc1ccccc1[N+](=O)[O-]. The Morgan fingerprint density at radius 2 is 1.49 bits per heavy atom. The maximum atomic E-state index is 14.3. The second kappa shape index (κ2) is 18.5. The molecule has 4 aromatic carbocycles. The number of aromatic nitrogens is 3. The summed E-state index contributed by atoms with van der Waals surface area (Å²) in [6.07, 6.45) is 2.21. The van der Waals surface area contributed by atoms with Crippen molar-refractivity contribution in [3.8, 4) is 0 Å². The molecule has 2 aliphatic rings. The standard InChI is InChI=1S/C42H45N9O6/c52-38(20-21-49-30-34(45-46-49)29-43-42(54)44-36-17-9-10-18-37(36)51(55)56)50-22-19-31-11-7-8-16-35(31)39(50)41(53)48-25-23-47(24-26-48)27-28-57-40(32-12-3-1-4-13-32)33-14-5-2-6-15-33/h1-18,30,39-40H,19-29H2,(H2,43,44,54). The number of nitrogens with zero attached hydrogens (tertiary/aromatic N) is 7. The van der Waals surface area contributed by atoms with E-state index in [0.717, 1.165) is 28.8 Å². The van der Waals surface area contributed by atoms with Crippen LogP contribution in [0, 0.1) is 10.1 Å². The Morgan fingerprint density at radius 3 is 2.21 bits per heavy atom. The Morgan fingerprint density at radius 1 is 0.825 bits per heavy atom. The fourth-order valence-corrected chi connectivity index (χ4v) is 7.37. The molecule has 1 fully saturated rings. The summed E-state index contributed by atoms with van der Waals surface area (Å²) in [6, 6.07) is 32.8. The zero-order chi connectivity index (χ0) is 39.6. The Hall–Kier alpha value is -6.45. The van der Waals surface area contributed by atoms with Crippen LogP contribution in [0.1, 0.15) is 46.5 Å². The van der Waals surface area contributed by atoms with Crippen molar-refractivity contribution in [2.75, 3.05) is 51.2 Å². The molecular weight excluding hydrogens is 727 g/mol. The summed E-state index contributed by atoms with van der Waals surface area (Å²) in [4.78, 5) is 57.2. The van der Waals surface area contributed by atoms with Crippen molar-refractivity contribution in [2.24, 2.45) is 0 Å². The molecule has 2 aliphatic heterocycles. The number of rotatable bonds is 14. The second-order valence-electron chi connectivity index (χ2n) is 14.0. The normalized spacial score (nSPS) is 15.6. The zero-order valence-electron chi connectivity index (χ0n) is 31.5. The average Bonchev–Trinajstić information content (AvgIpc) is 3.71. The van der Waals surface area contributed by atoms with Crippen LogP contribution in [0.25, 0.3) is 0 Å². The van der Waals surface area contributed by atoms with Gasteiger partial charge in [-0.15, -0.1) is 5.10 Å². The van der Waals surface area contributed by atoms with Crippen LogP contribution in [0.3, 0.4) is 0 Å². The summed E-state index contributed by atoms with van der Waals surface area (Å²) in [5.41, 5.74) is 4.43. The molecule has 0 aliphatic carbocycles. The van der Waals surface area contributed by atoms with Gasteiger partial charge in [-0.05, 0) is 34.7 Å². The van der Waals surface area contributed by atoms with Crippen molar-refractivity contribution in [1.82, 2.24) is 35.0 Å². The highest BCUT2D eigenvalue weighted by Gasteiger charge is 2.38. The highest BCUT2D eigenvalue weighted by Crippen LogP contribution is 2.33. The van der Waals surface area contributed by atoms with Gasteiger partial charge in [0.2, 0.25) is 11.8 Å². The van der Waals surface area contributed by atoms with Crippen LogP contribution in [0.5, 0.6) is 0 Å². The third-order valence-corrected chi connectivity index (χ3v) is 10.3. The quantitative estimate of drug-likeness (QED) is 0.117. The van der Waals surface area contributed by atoms with Crippen LogP contribution in [0.15, 0.2) is 115 Å². The van der Waals surface area contributed by atoms with Gasteiger partial charge in [0.15, 0.2) is 0 Å². The predicted molar refractivity (Wildman–Crippen MR) is 212 cm³/mol. The summed E-state index contributed by atoms with van der Waals surface area (Å²) < 4.78 is 7.98. The van der Waals surface area contributed by atoms with E-state index in [0.29, 0.717) is 51.4 Å². The number of ether oxygens (including phenoxy) is 1. The second-order valence-corrected chi connectivity index (χ2v) is 14.0. The molecule has 1 unspecified atom stereocenters. The number of anilines is 1. The Bertz CT molecular complexity index is 2120. The minimum Gasteiger partial charge on any atom is -0.367 e. The monoisotopic (exact) mass is 771 g/mol. The van der Waals surface area contributed by atoms with Gasteiger partial charge in [0, 0.05) is 51.8 Å². The summed E-state index contributed by atoms with van der Waals surface area (Å²) >= 11 is 0. The molecule has 7 rings (SSSR count). The van der Waals surface area contributed by atoms with E-state index in [2.05, 4.69) is 50.1 Å². The van der Waals surface area contributed by atoms with Gasteiger partial charge in [0.05, 0.1) is 30.8 Å². The summed E-state index contributed by atoms with van der Waals surface area (Å²) in [7, 11) is 0. The lowest BCUT2D eigenvalue weighted by Crippen LogP contribution is -2.54. The molecule has 1 atom stereocenters. The molecule has 15 nitrogen and oxygen atoms in total. The van der Waals surface area contributed by atoms with Gasteiger partial charge in [-0.3, -0.25) is 29.3 Å². The number of carbonyl (C=O) groups excluding carboxylic acids is 3. The first-order valence-corrected chi connectivity index (χ1v) is 19.1. The highest BCUT2D eigenvalue weighted by atomic mass is 16.6. The van der Waals surface area contributed by atoms with Crippen LogP contribution >= 0.6 is 0 Å². The largest absolute Gasteiger partial charge is 0.367 e. The van der Waals surface area contributed by atoms with E-state index in [1.54, 1.807) is 17.2 Å². The molecule has 2 N–H and O–H groups in total. The molecule has 3 heterocycles. The van der Waals surface area contributed by atoms with Crippen molar-refractivity contribution in [2.45, 2.75) is 38.1 Å². The third kappa shape index (κ3) is 9.69. The van der Waals surface area contributed by atoms with Gasteiger partial charge in [0.25, 0.3) is 5.69 Å². The highest BCUT2D eigenvalue weighted by molar-refractivity contribution is 5.92. The lowest BCUT2D eigenvalue weighted by Gasteiger charge is -2.41. The maximum absolute atomic E-state index is 14.3. The van der Waals surface area contributed by atoms with E-state index in [1.165, 1.54) is 22.9 Å². The van der Waals surface area contributed by atoms with E-state index in [-0.39, 0.29) is 48.8 Å². The smallest absolute Gasteiger partial charge is 0.319 e. The fraction of sp³-hybridized carbons (Fsp3) is 0.310. The van der Waals surface area contributed by atoms with Gasteiger partial charge in [-0.2, -0.15) is 0 Å². The Balaban J connectivity index is 0.916. The molecule has 294 valence electrons. The topological polar surface area (TPSA) is 168 Å². The van der Waals surface area contributed by atoms with Gasteiger partial charge < -0.3 is 25.2 Å². The van der Waals surface area contributed by atoms with Gasteiger partial charge in [-0.25, -0.2) is 4.79 Å². The third-order valence-electron chi connectivity index (χ3n) is 10.3. The molecule has 1 aromatic heterocycles. The van der Waals surface area contributed by atoms with Crippen molar-refractivity contribution in [1.29, 1.82) is 0 Å². The first kappa shape index (κ1) is 38.8. The number of aryl methyl sites for hydroxylation is 1. The summed E-state index contributed by atoms with van der Waals surface area (Å²) in [5, 5.41) is 24.6. The van der Waals surface area contributed by atoms with Gasteiger partial charge in [-0.1, -0.05) is 102 Å². The summed E-state index contributed by atoms with van der Waals surface area (Å²) in [6.45, 7) is 4.46.